The molecule has 4 rings (SSSR count). The molecule has 168 valence electrons. The molecule has 2 aliphatic rings. The lowest BCUT2D eigenvalue weighted by Gasteiger charge is -2.38. The number of methoxy groups -OCH3 is 1. The second-order valence-corrected chi connectivity index (χ2v) is 8.71. The zero-order valence-corrected chi connectivity index (χ0v) is 18.5. The van der Waals surface area contributed by atoms with Crippen LogP contribution in [0.4, 0.5) is 5.69 Å². The molecule has 2 aliphatic heterocycles. The molecule has 0 unspecified atom stereocenters. The van der Waals surface area contributed by atoms with Crippen LogP contribution in [0.25, 0.3) is 0 Å². The number of hydrogen-bond acceptors (Lipinski definition) is 6. The van der Waals surface area contributed by atoms with E-state index in [9.17, 15) is 4.79 Å². The van der Waals surface area contributed by atoms with Gasteiger partial charge in [-0.25, -0.2) is 0 Å². The number of aliphatic hydroxyl groups is 1. The molecule has 8 nitrogen and oxygen atoms in total. The summed E-state index contributed by atoms with van der Waals surface area (Å²) in [4.78, 5) is 14.8. The van der Waals surface area contributed by atoms with Crippen LogP contribution < -0.4 is 10.1 Å². The Morgan fingerprint density at radius 1 is 1.42 bits per heavy atom. The molecule has 1 amide bonds. The Kier molecular flexibility index (Phi) is 6.69. The van der Waals surface area contributed by atoms with E-state index in [0.29, 0.717) is 43.4 Å². The van der Waals surface area contributed by atoms with Gasteiger partial charge in [-0.05, 0) is 31.4 Å². The molecule has 0 radical (unpaired) electrons. The van der Waals surface area contributed by atoms with Crippen molar-refractivity contribution >= 4 is 23.2 Å². The largest absolute Gasteiger partial charge is 0.496 e. The van der Waals surface area contributed by atoms with E-state index in [1.807, 2.05) is 17.2 Å². The van der Waals surface area contributed by atoms with Crippen LogP contribution >= 0.6 is 11.6 Å². The summed E-state index contributed by atoms with van der Waals surface area (Å²) in [5.74, 6) is 0.740. The highest BCUT2D eigenvalue weighted by atomic mass is 35.5. The van der Waals surface area contributed by atoms with E-state index in [-0.39, 0.29) is 24.2 Å². The van der Waals surface area contributed by atoms with E-state index in [1.165, 1.54) is 0 Å². The van der Waals surface area contributed by atoms with E-state index in [2.05, 4.69) is 10.4 Å². The molecule has 2 fully saturated rings. The number of amides is 1. The van der Waals surface area contributed by atoms with Gasteiger partial charge in [0.1, 0.15) is 5.75 Å². The number of nitrogens with one attached hydrogen (secondary N) is 1. The Bertz CT molecular complexity index is 911. The number of halogens is 1. The summed E-state index contributed by atoms with van der Waals surface area (Å²) in [5.41, 5.74) is 1.61. The monoisotopic (exact) mass is 448 g/mol. The minimum atomic E-state index is -0.173. The fourth-order valence-corrected chi connectivity index (χ4v) is 4.65. The molecule has 1 aromatic heterocycles. The van der Waals surface area contributed by atoms with Crippen LogP contribution in [0.15, 0.2) is 30.6 Å². The molecular weight excluding hydrogens is 420 g/mol. The van der Waals surface area contributed by atoms with Gasteiger partial charge in [-0.3, -0.25) is 9.48 Å². The smallest absolute Gasteiger partial charge is 0.227 e. The zero-order valence-electron chi connectivity index (χ0n) is 17.7. The van der Waals surface area contributed by atoms with E-state index in [0.717, 1.165) is 30.5 Å². The number of rotatable bonds is 7. The first kappa shape index (κ1) is 21.9. The molecule has 0 bridgehead atoms. The minimum absolute atomic E-state index is 0.0663. The second-order valence-electron chi connectivity index (χ2n) is 8.27. The van der Waals surface area contributed by atoms with Gasteiger partial charge in [-0.15, -0.1) is 0 Å². The zero-order chi connectivity index (χ0) is 21.8. The Balaban J connectivity index is 1.28. The number of aliphatic hydroxyl groups excluding tert-OH is 1. The summed E-state index contributed by atoms with van der Waals surface area (Å²) in [6.45, 7) is 2.57. The summed E-state index contributed by atoms with van der Waals surface area (Å²) in [5, 5.41) is 17.3. The molecule has 2 saturated heterocycles. The predicted octanol–water partition coefficient (Wildman–Crippen LogP) is 2.34. The molecule has 1 aromatic carbocycles. The lowest BCUT2D eigenvalue weighted by molar-refractivity contribution is -0.135. The number of carbonyl (C=O) groups is 1. The van der Waals surface area contributed by atoms with Gasteiger partial charge in [-0.1, -0.05) is 17.7 Å². The van der Waals surface area contributed by atoms with Gasteiger partial charge in [0, 0.05) is 29.9 Å². The average molecular weight is 449 g/mol. The van der Waals surface area contributed by atoms with Gasteiger partial charge >= 0.3 is 0 Å². The third-order valence-electron chi connectivity index (χ3n) is 6.16. The highest BCUT2D eigenvalue weighted by Crippen LogP contribution is 2.37. The molecular formula is C22H29ClN4O4. The number of likely N-dealkylation sites (tertiary alicyclic amines) is 1. The van der Waals surface area contributed by atoms with Gasteiger partial charge < -0.3 is 24.8 Å². The van der Waals surface area contributed by atoms with Crippen molar-refractivity contribution in [2.24, 2.45) is 0 Å². The Morgan fingerprint density at radius 3 is 2.97 bits per heavy atom. The fourth-order valence-electron chi connectivity index (χ4n) is 4.49. The molecule has 0 saturated carbocycles. The van der Waals surface area contributed by atoms with Crippen LogP contribution in [-0.4, -0.2) is 70.8 Å². The summed E-state index contributed by atoms with van der Waals surface area (Å²) >= 11 is 6.02. The van der Waals surface area contributed by atoms with E-state index >= 15 is 0 Å². The lowest BCUT2D eigenvalue weighted by Crippen LogP contribution is -2.47. The number of nitrogens with zero attached hydrogens (tertiary/aromatic N) is 3. The maximum Gasteiger partial charge on any atom is 0.227 e. The normalized spacial score (nSPS) is 20.2. The van der Waals surface area contributed by atoms with Gasteiger partial charge in [0.25, 0.3) is 0 Å². The Labute approximate surface area is 187 Å². The van der Waals surface area contributed by atoms with Gasteiger partial charge in [0.05, 0.1) is 56.8 Å². The predicted molar refractivity (Wildman–Crippen MR) is 118 cm³/mol. The van der Waals surface area contributed by atoms with E-state index in [1.54, 1.807) is 30.1 Å². The van der Waals surface area contributed by atoms with Crippen LogP contribution in [0.1, 0.15) is 24.8 Å². The van der Waals surface area contributed by atoms with Crippen molar-refractivity contribution in [3.05, 3.63) is 41.2 Å². The average Bonchev–Trinajstić information content (AvgIpc) is 3.37. The van der Waals surface area contributed by atoms with Crippen molar-refractivity contribution in [1.82, 2.24) is 14.7 Å². The number of hydrogen-bond donors (Lipinski definition) is 2. The highest BCUT2D eigenvalue weighted by Gasteiger charge is 2.43. The van der Waals surface area contributed by atoms with Gasteiger partial charge in [-0.2, -0.15) is 5.10 Å². The number of anilines is 1. The number of aromatic nitrogens is 2. The SMILES string of the molecule is COc1cc(Cl)ccc1CC(=O)N1CCC2(CC1)C[C@H](Nc1cnn(CCO)c1)CO2. The van der Waals surface area contributed by atoms with Crippen LogP contribution in [0, 0.1) is 0 Å². The molecule has 1 spiro atoms. The lowest BCUT2D eigenvalue weighted by atomic mass is 9.87. The summed E-state index contributed by atoms with van der Waals surface area (Å²) in [6, 6.07) is 5.59. The van der Waals surface area contributed by atoms with Crippen LogP contribution in [0.2, 0.25) is 5.02 Å². The maximum atomic E-state index is 12.8. The number of ether oxygens (including phenoxy) is 2. The highest BCUT2D eigenvalue weighted by molar-refractivity contribution is 6.30. The summed E-state index contributed by atoms with van der Waals surface area (Å²) < 4.78 is 13.3. The molecule has 2 aromatic rings. The quantitative estimate of drug-likeness (QED) is 0.676. The van der Waals surface area contributed by atoms with Crippen molar-refractivity contribution in [3.63, 3.8) is 0 Å². The number of carbonyl (C=O) groups excluding carboxylic acids is 1. The number of benzene rings is 1. The van der Waals surface area contributed by atoms with Gasteiger partial charge in [0.15, 0.2) is 0 Å². The Morgan fingerprint density at radius 2 is 2.23 bits per heavy atom. The van der Waals surface area contributed by atoms with Crippen LogP contribution in [0.3, 0.4) is 0 Å². The maximum absolute atomic E-state index is 12.8. The molecule has 0 aliphatic carbocycles. The first-order valence-electron chi connectivity index (χ1n) is 10.6. The van der Waals surface area contributed by atoms with Crippen LogP contribution in [0.5, 0.6) is 5.75 Å². The molecule has 1 atom stereocenters. The topological polar surface area (TPSA) is 88.9 Å². The molecule has 31 heavy (non-hydrogen) atoms. The minimum Gasteiger partial charge on any atom is -0.496 e. The van der Waals surface area contributed by atoms with Crippen molar-refractivity contribution < 1.29 is 19.4 Å². The first-order valence-corrected chi connectivity index (χ1v) is 11.0. The van der Waals surface area contributed by atoms with E-state index in [4.69, 9.17) is 26.2 Å². The molecule has 3 heterocycles. The number of piperidine rings is 1. The summed E-state index contributed by atoms with van der Waals surface area (Å²) in [7, 11) is 1.59. The fraction of sp³-hybridized carbons (Fsp3) is 0.545. The van der Waals surface area contributed by atoms with Crippen LogP contribution in [-0.2, 0) is 22.5 Å². The third-order valence-corrected chi connectivity index (χ3v) is 6.40. The van der Waals surface area contributed by atoms with E-state index < -0.39 is 0 Å². The van der Waals surface area contributed by atoms with Crippen molar-refractivity contribution in [1.29, 1.82) is 0 Å². The summed E-state index contributed by atoms with van der Waals surface area (Å²) in [6.07, 6.45) is 6.54. The Hall–Kier alpha value is -2.29. The van der Waals surface area contributed by atoms with Crippen molar-refractivity contribution in [2.75, 3.05) is 38.7 Å². The standard InChI is InChI=1S/C22H29ClN4O4/c1-30-20-11-17(23)3-2-16(20)10-21(29)26-6-4-22(5-7-26)12-18(15-31-22)25-19-13-24-27(14-19)8-9-28/h2-3,11,13-14,18,25,28H,4-10,12,15H2,1H3/t18-/m0/s1. The molecule has 9 heteroatoms. The van der Waals surface area contributed by atoms with Crippen molar-refractivity contribution in [2.45, 2.75) is 43.9 Å². The third kappa shape index (κ3) is 5.14. The molecule has 2 N–H and O–H groups in total. The van der Waals surface area contributed by atoms with Crippen molar-refractivity contribution in [3.8, 4) is 5.75 Å². The second kappa shape index (κ2) is 9.46. The first-order chi connectivity index (χ1) is 15.0. The van der Waals surface area contributed by atoms with Gasteiger partial charge in [0.2, 0.25) is 5.91 Å².